The number of carbonyl (C=O) groups excluding carboxylic acids is 1. The van der Waals surface area contributed by atoms with Crippen LogP contribution in [0, 0.1) is 5.92 Å². The quantitative estimate of drug-likeness (QED) is 0.873. The van der Waals surface area contributed by atoms with Crippen molar-refractivity contribution in [3.63, 3.8) is 0 Å². The summed E-state index contributed by atoms with van der Waals surface area (Å²) >= 11 is 1.76. The lowest BCUT2D eigenvalue weighted by atomic mass is 9.96. The minimum Gasteiger partial charge on any atom is -0.360 e. The minimum atomic E-state index is -0.105. The molecule has 0 unspecified atom stereocenters. The second kappa shape index (κ2) is 7.07. The van der Waals surface area contributed by atoms with Crippen molar-refractivity contribution in [3.8, 4) is 0 Å². The Labute approximate surface area is 146 Å². The normalized spacial score (nSPS) is 19.5. The maximum Gasteiger partial charge on any atom is 0.273 e. The molecular weight excluding hydrogens is 322 g/mol. The molecule has 2 aliphatic rings. The van der Waals surface area contributed by atoms with Gasteiger partial charge in [-0.1, -0.05) is 5.16 Å². The van der Waals surface area contributed by atoms with Crippen molar-refractivity contribution >= 4 is 17.2 Å². The van der Waals surface area contributed by atoms with Crippen molar-refractivity contribution in [3.05, 3.63) is 39.9 Å². The summed E-state index contributed by atoms with van der Waals surface area (Å²) in [6.45, 7) is 3.99. The van der Waals surface area contributed by atoms with Gasteiger partial charge < -0.3 is 9.84 Å². The average molecular weight is 345 g/mol. The van der Waals surface area contributed by atoms with Crippen molar-refractivity contribution in [1.29, 1.82) is 0 Å². The van der Waals surface area contributed by atoms with Crippen molar-refractivity contribution in [2.24, 2.45) is 5.92 Å². The van der Waals surface area contributed by atoms with Crippen LogP contribution >= 0.6 is 11.3 Å². The molecule has 1 aliphatic carbocycles. The van der Waals surface area contributed by atoms with E-state index in [0.717, 1.165) is 57.6 Å². The van der Waals surface area contributed by atoms with Gasteiger partial charge in [-0.2, -0.15) is 11.3 Å². The Morgan fingerprint density at radius 3 is 2.88 bits per heavy atom. The number of hydrogen-bond acceptors (Lipinski definition) is 5. The fraction of sp³-hybridized carbons (Fsp3) is 0.556. The number of likely N-dealkylation sites (tertiary alicyclic amines) is 1. The van der Waals surface area contributed by atoms with Gasteiger partial charge in [-0.05, 0) is 67.1 Å². The van der Waals surface area contributed by atoms with Crippen LogP contribution in [0.2, 0.25) is 0 Å². The molecule has 0 spiro atoms. The van der Waals surface area contributed by atoms with E-state index in [2.05, 4.69) is 32.2 Å². The summed E-state index contributed by atoms with van der Waals surface area (Å²) in [5, 5.41) is 11.3. The lowest BCUT2D eigenvalue weighted by Crippen LogP contribution is -2.38. The van der Waals surface area contributed by atoms with Gasteiger partial charge in [0.25, 0.3) is 5.91 Å². The summed E-state index contributed by atoms with van der Waals surface area (Å²) in [6, 6.07) is 4.00. The molecule has 1 aliphatic heterocycles. The number of hydrogen-bond donors (Lipinski definition) is 1. The van der Waals surface area contributed by atoms with E-state index in [4.69, 9.17) is 4.52 Å². The molecule has 0 bridgehead atoms. The molecule has 0 aromatic carbocycles. The zero-order chi connectivity index (χ0) is 16.4. The highest BCUT2D eigenvalue weighted by Gasteiger charge is 2.29. The highest BCUT2D eigenvalue weighted by atomic mass is 32.1. The predicted octanol–water partition coefficient (Wildman–Crippen LogP) is 3.26. The van der Waals surface area contributed by atoms with E-state index in [1.807, 2.05) is 0 Å². The third-order valence-corrected chi connectivity index (χ3v) is 5.72. The first kappa shape index (κ1) is 15.8. The first-order valence-corrected chi connectivity index (χ1v) is 9.70. The molecule has 4 rings (SSSR count). The van der Waals surface area contributed by atoms with Crippen LogP contribution in [-0.4, -0.2) is 35.6 Å². The number of nitrogens with zero attached hydrogens (tertiary/aromatic N) is 2. The zero-order valence-electron chi connectivity index (χ0n) is 13.7. The van der Waals surface area contributed by atoms with E-state index in [-0.39, 0.29) is 5.91 Å². The highest BCUT2D eigenvalue weighted by molar-refractivity contribution is 7.07. The van der Waals surface area contributed by atoms with Crippen LogP contribution in [0.25, 0.3) is 0 Å². The Hall–Kier alpha value is -1.66. The van der Waals surface area contributed by atoms with Crippen LogP contribution in [0.1, 0.15) is 53.4 Å². The molecule has 6 heteroatoms. The number of aromatic nitrogens is 1. The Balaban J connectivity index is 1.20. The molecule has 128 valence electrons. The molecule has 1 N–H and O–H groups in total. The second-order valence-electron chi connectivity index (χ2n) is 6.95. The maximum atomic E-state index is 12.2. The maximum absolute atomic E-state index is 12.2. The van der Waals surface area contributed by atoms with E-state index in [1.165, 1.54) is 5.56 Å². The van der Waals surface area contributed by atoms with Gasteiger partial charge in [0, 0.05) is 25.1 Å². The summed E-state index contributed by atoms with van der Waals surface area (Å²) in [7, 11) is 0. The number of nitrogens with one attached hydrogen (secondary N) is 1. The molecule has 2 fully saturated rings. The van der Waals surface area contributed by atoms with Gasteiger partial charge in [-0.15, -0.1) is 0 Å². The number of amides is 1. The summed E-state index contributed by atoms with van der Waals surface area (Å²) in [4.78, 5) is 14.7. The van der Waals surface area contributed by atoms with Crippen molar-refractivity contribution in [2.45, 2.75) is 38.1 Å². The number of thiophene rings is 1. The number of carbonyl (C=O) groups is 1. The van der Waals surface area contributed by atoms with Gasteiger partial charge in [0.05, 0.1) is 0 Å². The molecule has 2 aromatic rings. The molecule has 0 radical (unpaired) electrons. The topological polar surface area (TPSA) is 58.4 Å². The molecule has 1 amide bonds. The van der Waals surface area contributed by atoms with Crippen LogP contribution in [0.4, 0.5) is 0 Å². The van der Waals surface area contributed by atoms with Crippen LogP contribution in [0.5, 0.6) is 0 Å². The first-order chi connectivity index (χ1) is 11.8. The molecule has 1 saturated carbocycles. The summed E-state index contributed by atoms with van der Waals surface area (Å²) < 4.78 is 5.25. The smallest absolute Gasteiger partial charge is 0.273 e. The van der Waals surface area contributed by atoms with Gasteiger partial charge in [0.2, 0.25) is 0 Å². The van der Waals surface area contributed by atoms with Gasteiger partial charge >= 0.3 is 0 Å². The van der Waals surface area contributed by atoms with E-state index >= 15 is 0 Å². The molecule has 0 atom stereocenters. The SMILES string of the molecule is O=C(NCC1CCN(Cc2ccsc2)CC1)c1cc(C2CC2)on1. The van der Waals surface area contributed by atoms with E-state index < -0.39 is 0 Å². The van der Waals surface area contributed by atoms with Crippen LogP contribution in [0.3, 0.4) is 0 Å². The lowest BCUT2D eigenvalue weighted by Gasteiger charge is -2.31. The van der Waals surface area contributed by atoms with Crippen molar-refractivity contribution < 1.29 is 9.32 Å². The third-order valence-electron chi connectivity index (χ3n) is 4.99. The largest absolute Gasteiger partial charge is 0.360 e. The van der Waals surface area contributed by atoms with Crippen LogP contribution < -0.4 is 5.32 Å². The van der Waals surface area contributed by atoms with Crippen LogP contribution in [-0.2, 0) is 6.54 Å². The van der Waals surface area contributed by atoms with Crippen molar-refractivity contribution in [1.82, 2.24) is 15.4 Å². The first-order valence-electron chi connectivity index (χ1n) is 8.76. The highest BCUT2D eigenvalue weighted by Crippen LogP contribution is 2.40. The third kappa shape index (κ3) is 3.87. The summed E-state index contributed by atoms with van der Waals surface area (Å²) in [5.41, 5.74) is 1.83. The van der Waals surface area contributed by atoms with Gasteiger partial charge in [0.1, 0.15) is 5.76 Å². The number of piperidine rings is 1. The van der Waals surface area contributed by atoms with E-state index in [0.29, 0.717) is 17.5 Å². The molecular formula is C18H23N3O2S. The lowest BCUT2D eigenvalue weighted by molar-refractivity contribution is 0.0926. The fourth-order valence-corrected chi connectivity index (χ4v) is 3.93. The average Bonchev–Trinajstić information content (AvgIpc) is 3.11. The van der Waals surface area contributed by atoms with E-state index in [9.17, 15) is 4.79 Å². The Morgan fingerprint density at radius 2 is 2.17 bits per heavy atom. The standard InChI is InChI=1S/C18H23N3O2S/c22-18(16-9-17(23-20-16)15-1-2-15)19-10-13-3-6-21(7-4-13)11-14-5-8-24-12-14/h5,8-9,12-13,15H,1-4,6-7,10-11H2,(H,19,22). The second-order valence-corrected chi connectivity index (χ2v) is 7.73. The number of rotatable bonds is 6. The Morgan fingerprint density at radius 1 is 1.33 bits per heavy atom. The molecule has 3 heterocycles. The van der Waals surface area contributed by atoms with Crippen molar-refractivity contribution in [2.75, 3.05) is 19.6 Å². The molecule has 5 nitrogen and oxygen atoms in total. The molecule has 1 saturated heterocycles. The molecule has 2 aromatic heterocycles. The van der Waals surface area contributed by atoms with Gasteiger partial charge in [0.15, 0.2) is 5.69 Å². The summed E-state index contributed by atoms with van der Waals surface area (Å²) in [5.74, 6) is 1.81. The Bertz CT molecular complexity index is 670. The van der Waals surface area contributed by atoms with Gasteiger partial charge in [-0.3, -0.25) is 9.69 Å². The minimum absolute atomic E-state index is 0.105. The Kier molecular flexibility index (Phi) is 4.67. The summed E-state index contributed by atoms with van der Waals surface area (Å²) in [6.07, 6.45) is 4.58. The molecule has 24 heavy (non-hydrogen) atoms. The monoisotopic (exact) mass is 345 g/mol. The van der Waals surface area contributed by atoms with Gasteiger partial charge in [-0.25, -0.2) is 0 Å². The zero-order valence-corrected chi connectivity index (χ0v) is 14.6. The fourth-order valence-electron chi connectivity index (χ4n) is 3.27. The van der Waals surface area contributed by atoms with Crippen LogP contribution in [0.15, 0.2) is 27.4 Å². The van der Waals surface area contributed by atoms with E-state index in [1.54, 1.807) is 17.4 Å². The predicted molar refractivity (Wildman–Crippen MR) is 93.1 cm³/mol.